The average Bonchev–Trinajstić information content (AvgIpc) is 1.91. The van der Waals surface area contributed by atoms with Crippen molar-refractivity contribution < 1.29 is 8.42 Å². The van der Waals surface area contributed by atoms with E-state index >= 15 is 0 Å². The van der Waals surface area contributed by atoms with Crippen LogP contribution >= 0.6 is 22.9 Å². The van der Waals surface area contributed by atoms with E-state index in [0.29, 0.717) is 0 Å². The van der Waals surface area contributed by atoms with Crippen molar-refractivity contribution in [1.29, 1.82) is 0 Å². The lowest BCUT2D eigenvalue weighted by Gasteiger charge is -2.27. The molecule has 6 heteroatoms. The molecule has 4 nitrogen and oxygen atoms in total. The number of nitrogens with zero attached hydrogens (tertiary/aromatic N) is 1. The summed E-state index contributed by atoms with van der Waals surface area (Å²) in [6.07, 6.45) is 3.04. The van der Waals surface area contributed by atoms with Gasteiger partial charge in [-0.15, -0.1) is 0 Å². The Bertz CT molecular complexity index is 234. The van der Waals surface area contributed by atoms with Crippen LogP contribution in [0.1, 0.15) is 12.8 Å². The van der Waals surface area contributed by atoms with Crippen molar-refractivity contribution in [3.8, 4) is 0 Å². The van der Waals surface area contributed by atoms with E-state index in [0.717, 1.165) is 25.9 Å². The summed E-state index contributed by atoms with van der Waals surface area (Å²) in [5.74, 6) is 0. The Hall–Kier alpha value is 0.600. The maximum Gasteiger partial charge on any atom is 0.208 e. The average molecular weight is 304 g/mol. The molecule has 0 aromatic carbocycles. The van der Waals surface area contributed by atoms with Gasteiger partial charge in [-0.1, -0.05) is 0 Å². The molecule has 1 aliphatic heterocycles. The SMILES string of the molecule is CS(=O)(=O)NC1CCN(I)CC1. The highest BCUT2D eigenvalue weighted by atomic mass is 127. The Balaban J connectivity index is 2.36. The smallest absolute Gasteiger partial charge is 0.208 e. The molecule has 1 N–H and O–H groups in total. The number of piperidine rings is 1. The lowest BCUT2D eigenvalue weighted by molar-refractivity contribution is 0.352. The molecule has 0 aromatic rings. The molecule has 1 fully saturated rings. The van der Waals surface area contributed by atoms with Crippen molar-refractivity contribution in [1.82, 2.24) is 7.84 Å². The second-order valence-corrected chi connectivity index (χ2v) is 6.22. The van der Waals surface area contributed by atoms with Crippen LogP contribution in [0.3, 0.4) is 0 Å². The van der Waals surface area contributed by atoms with Crippen LogP contribution in [0.25, 0.3) is 0 Å². The summed E-state index contributed by atoms with van der Waals surface area (Å²) < 4.78 is 26.5. The van der Waals surface area contributed by atoms with Crippen LogP contribution in [0.5, 0.6) is 0 Å². The highest BCUT2D eigenvalue weighted by Gasteiger charge is 2.19. The summed E-state index contributed by atoms with van der Waals surface area (Å²) in [7, 11) is -3.01. The molecule has 1 saturated heterocycles. The Morgan fingerprint density at radius 2 is 1.92 bits per heavy atom. The van der Waals surface area contributed by atoms with E-state index in [-0.39, 0.29) is 6.04 Å². The second-order valence-electron chi connectivity index (χ2n) is 3.07. The van der Waals surface area contributed by atoms with Crippen molar-refractivity contribution in [3.63, 3.8) is 0 Å². The molecule has 12 heavy (non-hydrogen) atoms. The van der Waals surface area contributed by atoms with E-state index in [9.17, 15) is 8.42 Å². The third-order valence-electron chi connectivity index (χ3n) is 1.82. The molecular formula is C6H13IN2O2S. The molecule has 0 saturated carbocycles. The predicted molar refractivity (Wildman–Crippen MR) is 56.6 cm³/mol. The number of halogens is 1. The molecule has 0 radical (unpaired) electrons. The molecule has 0 unspecified atom stereocenters. The van der Waals surface area contributed by atoms with Crippen molar-refractivity contribution in [3.05, 3.63) is 0 Å². The molecule has 0 amide bonds. The van der Waals surface area contributed by atoms with Gasteiger partial charge in [0.15, 0.2) is 0 Å². The van der Waals surface area contributed by atoms with Gasteiger partial charge in [0.1, 0.15) is 0 Å². The molecule has 72 valence electrons. The van der Waals surface area contributed by atoms with E-state index in [1.165, 1.54) is 6.26 Å². The monoisotopic (exact) mass is 304 g/mol. The standard InChI is InChI=1S/C6H13IN2O2S/c1-12(10,11)8-6-2-4-9(7)5-3-6/h6,8H,2-5H2,1H3. The third-order valence-corrected chi connectivity index (χ3v) is 3.55. The summed E-state index contributed by atoms with van der Waals surface area (Å²) in [5, 5.41) is 0. The van der Waals surface area contributed by atoms with Gasteiger partial charge >= 0.3 is 0 Å². The zero-order valence-electron chi connectivity index (χ0n) is 6.96. The van der Waals surface area contributed by atoms with Gasteiger partial charge in [0, 0.05) is 42.0 Å². The van der Waals surface area contributed by atoms with Crippen LogP contribution in [0.2, 0.25) is 0 Å². The number of hydrogen-bond donors (Lipinski definition) is 1. The van der Waals surface area contributed by atoms with Crippen molar-refractivity contribution in [2.45, 2.75) is 18.9 Å². The fourth-order valence-corrected chi connectivity index (χ4v) is 2.67. The van der Waals surface area contributed by atoms with Crippen LogP contribution in [-0.4, -0.2) is 36.9 Å². The zero-order chi connectivity index (χ0) is 9.19. The summed E-state index contributed by atoms with van der Waals surface area (Å²) in [6, 6.07) is 0.144. The summed E-state index contributed by atoms with van der Waals surface area (Å²) >= 11 is 2.26. The van der Waals surface area contributed by atoms with Crippen LogP contribution < -0.4 is 4.72 Å². The molecule has 1 aliphatic rings. The minimum absolute atomic E-state index is 0.144. The topological polar surface area (TPSA) is 49.4 Å². The summed E-state index contributed by atoms with van der Waals surface area (Å²) in [5.41, 5.74) is 0. The van der Waals surface area contributed by atoms with Crippen LogP contribution in [0, 0.1) is 0 Å². The molecule has 0 aromatic heterocycles. The lowest BCUT2D eigenvalue weighted by Crippen LogP contribution is -2.41. The first-order chi connectivity index (χ1) is 5.47. The van der Waals surface area contributed by atoms with Gasteiger partial charge < -0.3 is 0 Å². The Morgan fingerprint density at radius 1 is 1.42 bits per heavy atom. The van der Waals surface area contributed by atoms with Crippen LogP contribution in [-0.2, 0) is 10.0 Å². The quantitative estimate of drug-likeness (QED) is 0.592. The number of nitrogens with one attached hydrogen (secondary N) is 1. The summed E-state index contributed by atoms with van der Waals surface area (Å²) in [4.78, 5) is 0. The minimum Gasteiger partial charge on any atom is -0.247 e. The lowest BCUT2D eigenvalue weighted by atomic mass is 10.1. The van der Waals surface area contributed by atoms with Gasteiger partial charge in [0.25, 0.3) is 0 Å². The summed E-state index contributed by atoms with van der Waals surface area (Å²) in [6.45, 7) is 1.93. The van der Waals surface area contributed by atoms with Gasteiger partial charge in [-0.05, 0) is 12.8 Å². The molecule has 1 rings (SSSR count). The normalized spacial score (nSPS) is 22.8. The van der Waals surface area contributed by atoms with E-state index in [4.69, 9.17) is 0 Å². The highest BCUT2D eigenvalue weighted by Crippen LogP contribution is 2.13. The first-order valence-corrected chi connectivity index (χ1v) is 6.71. The molecular weight excluding hydrogens is 291 g/mol. The Morgan fingerprint density at radius 3 is 2.33 bits per heavy atom. The first kappa shape index (κ1) is 10.7. The second kappa shape index (κ2) is 4.21. The fourth-order valence-electron chi connectivity index (χ4n) is 1.27. The predicted octanol–water partition coefficient (Wildman–Crippen LogP) is 0.350. The fraction of sp³-hybridized carbons (Fsp3) is 1.00. The molecule has 0 aliphatic carbocycles. The maximum absolute atomic E-state index is 10.9. The van der Waals surface area contributed by atoms with Gasteiger partial charge in [-0.2, -0.15) is 0 Å². The van der Waals surface area contributed by atoms with Crippen molar-refractivity contribution >= 4 is 32.9 Å². The van der Waals surface area contributed by atoms with Crippen molar-refractivity contribution in [2.24, 2.45) is 0 Å². The number of sulfonamides is 1. The van der Waals surface area contributed by atoms with Gasteiger partial charge in [0.05, 0.1) is 6.26 Å². The van der Waals surface area contributed by atoms with E-state index in [1.54, 1.807) is 0 Å². The Kier molecular flexibility index (Phi) is 3.74. The van der Waals surface area contributed by atoms with Gasteiger partial charge in [0.2, 0.25) is 10.0 Å². The third kappa shape index (κ3) is 4.01. The van der Waals surface area contributed by atoms with E-state index in [2.05, 4.69) is 30.7 Å². The molecule has 0 bridgehead atoms. The Labute approximate surface area is 87.2 Å². The van der Waals surface area contributed by atoms with Crippen molar-refractivity contribution in [2.75, 3.05) is 19.3 Å². The largest absolute Gasteiger partial charge is 0.247 e. The maximum atomic E-state index is 10.9. The van der Waals surface area contributed by atoms with E-state index < -0.39 is 10.0 Å². The van der Waals surface area contributed by atoms with Crippen LogP contribution in [0.4, 0.5) is 0 Å². The van der Waals surface area contributed by atoms with Crippen LogP contribution in [0.15, 0.2) is 0 Å². The number of rotatable bonds is 2. The molecule has 0 atom stereocenters. The number of hydrogen-bond acceptors (Lipinski definition) is 3. The molecule has 0 spiro atoms. The molecule has 1 heterocycles. The highest BCUT2D eigenvalue weighted by molar-refractivity contribution is 14.1. The zero-order valence-corrected chi connectivity index (χ0v) is 9.93. The van der Waals surface area contributed by atoms with Gasteiger partial charge in [-0.25, -0.2) is 16.3 Å². The minimum atomic E-state index is -3.01. The van der Waals surface area contributed by atoms with E-state index in [1.807, 2.05) is 0 Å². The first-order valence-electron chi connectivity index (χ1n) is 3.85. The van der Waals surface area contributed by atoms with Gasteiger partial charge in [-0.3, -0.25) is 0 Å².